The zero-order chi connectivity index (χ0) is 15.7. The maximum absolute atomic E-state index is 11.9. The van der Waals surface area contributed by atoms with Crippen molar-refractivity contribution < 1.29 is 23.9 Å². The Hall–Kier alpha value is -2.17. The number of hydrogen-bond acceptors (Lipinski definition) is 5. The Balaban J connectivity index is 2.35. The molecule has 1 rings (SSSR count). The van der Waals surface area contributed by atoms with Crippen molar-refractivity contribution in [3.8, 4) is 5.75 Å². The van der Waals surface area contributed by atoms with E-state index in [1.54, 1.807) is 31.2 Å². The number of Topliss-reactive ketones (excluding diaryl/α,β-unsaturated/α-hetero) is 1. The van der Waals surface area contributed by atoms with E-state index in [4.69, 9.17) is 9.47 Å². The highest BCUT2D eigenvalue weighted by Crippen LogP contribution is 2.15. The fraction of sp³-hybridized carbons (Fsp3) is 0.438. The van der Waals surface area contributed by atoms with Crippen LogP contribution in [0.2, 0.25) is 0 Å². The molecule has 1 aromatic carbocycles. The van der Waals surface area contributed by atoms with Gasteiger partial charge in [0.05, 0.1) is 6.61 Å². The molecule has 0 aliphatic heterocycles. The zero-order valence-corrected chi connectivity index (χ0v) is 12.4. The van der Waals surface area contributed by atoms with E-state index in [1.807, 2.05) is 0 Å². The van der Waals surface area contributed by atoms with Crippen LogP contribution in [0.15, 0.2) is 24.3 Å². The number of hydrogen-bond donors (Lipinski definition) is 0. The van der Waals surface area contributed by atoms with Crippen molar-refractivity contribution in [3.05, 3.63) is 29.8 Å². The van der Waals surface area contributed by atoms with E-state index in [-0.39, 0.29) is 11.8 Å². The maximum atomic E-state index is 11.9. The monoisotopic (exact) mass is 292 g/mol. The smallest absolute Gasteiger partial charge is 0.308 e. The van der Waals surface area contributed by atoms with Gasteiger partial charge in [-0.15, -0.1) is 0 Å². The van der Waals surface area contributed by atoms with Gasteiger partial charge in [0, 0.05) is 25.3 Å². The summed E-state index contributed by atoms with van der Waals surface area (Å²) in [6, 6.07) is 6.44. The third-order valence-corrected chi connectivity index (χ3v) is 2.78. The van der Waals surface area contributed by atoms with Crippen molar-refractivity contribution >= 4 is 17.7 Å². The Morgan fingerprint density at radius 3 is 2.19 bits per heavy atom. The molecule has 0 fully saturated rings. The van der Waals surface area contributed by atoms with Crippen LogP contribution in [-0.4, -0.2) is 24.3 Å². The van der Waals surface area contributed by atoms with Gasteiger partial charge in [0.2, 0.25) is 0 Å². The van der Waals surface area contributed by atoms with Gasteiger partial charge in [-0.25, -0.2) is 0 Å². The summed E-state index contributed by atoms with van der Waals surface area (Å²) >= 11 is 0. The van der Waals surface area contributed by atoms with Crippen molar-refractivity contribution in [2.24, 2.45) is 0 Å². The topological polar surface area (TPSA) is 69.7 Å². The molecule has 0 aliphatic carbocycles. The van der Waals surface area contributed by atoms with E-state index in [2.05, 4.69) is 0 Å². The van der Waals surface area contributed by atoms with Crippen LogP contribution in [0.1, 0.15) is 49.9 Å². The largest absolute Gasteiger partial charge is 0.466 e. The van der Waals surface area contributed by atoms with Crippen LogP contribution in [0.5, 0.6) is 5.75 Å². The highest BCUT2D eigenvalue weighted by Gasteiger charge is 2.08. The van der Waals surface area contributed by atoms with Crippen LogP contribution in [0.25, 0.3) is 0 Å². The summed E-state index contributed by atoms with van der Waals surface area (Å²) in [5.41, 5.74) is 0.571. The summed E-state index contributed by atoms with van der Waals surface area (Å²) in [4.78, 5) is 33.8. The lowest BCUT2D eigenvalue weighted by Crippen LogP contribution is -2.05. The number of benzene rings is 1. The lowest BCUT2D eigenvalue weighted by atomic mass is 10.0. The molecule has 21 heavy (non-hydrogen) atoms. The molecule has 0 heterocycles. The van der Waals surface area contributed by atoms with E-state index in [0.29, 0.717) is 43.6 Å². The number of ether oxygens (including phenoxy) is 2. The molecule has 0 unspecified atom stereocenters. The second kappa shape index (κ2) is 8.89. The summed E-state index contributed by atoms with van der Waals surface area (Å²) in [5.74, 6) is -0.196. The van der Waals surface area contributed by atoms with Gasteiger partial charge in [-0.3, -0.25) is 14.4 Å². The Morgan fingerprint density at radius 1 is 1.00 bits per heavy atom. The van der Waals surface area contributed by atoms with Crippen molar-refractivity contribution in [2.45, 2.75) is 39.5 Å². The molecule has 0 radical (unpaired) electrons. The SMILES string of the molecule is CCOC(=O)CCCCC(=O)c1ccc(OC(C)=O)cc1. The van der Waals surface area contributed by atoms with E-state index >= 15 is 0 Å². The fourth-order valence-corrected chi connectivity index (χ4v) is 1.81. The molecule has 1 aromatic rings. The Morgan fingerprint density at radius 2 is 1.62 bits per heavy atom. The van der Waals surface area contributed by atoms with Gasteiger partial charge in [0.25, 0.3) is 0 Å². The average Bonchev–Trinajstić information content (AvgIpc) is 2.44. The lowest BCUT2D eigenvalue weighted by Gasteiger charge is -2.04. The molecule has 0 spiro atoms. The van der Waals surface area contributed by atoms with Crippen LogP contribution in [0.3, 0.4) is 0 Å². The molecule has 0 saturated heterocycles. The maximum Gasteiger partial charge on any atom is 0.308 e. The molecular weight excluding hydrogens is 272 g/mol. The van der Waals surface area contributed by atoms with Gasteiger partial charge in [-0.05, 0) is 44.0 Å². The molecule has 0 bridgehead atoms. The highest BCUT2D eigenvalue weighted by atomic mass is 16.5. The number of unbranched alkanes of at least 4 members (excludes halogenated alkanes) is 1. The average molecular weight is 292 g/mol. The molecule has 0 amide bonds. The second-order valence-electron chi connectivity index (χ2n) is 4.55. The first-order valence-electron chi connectivity index (χ1n) is 7.00. The van der Waals surface area contributed by atoms with Gasteiger partial charge in [0.1, 0.15) is 5.75 Å². The summed E-state index contributed by atoms with van der Waals surface area (Å²) in [5, 5.41) is 0. The van der Waals surface area contributed by atoms with Crippen LogP contribution in [0, 0.1) is 0 Å². The van der Waals surface area contributed by atoms with Crippen LogP contribution >= 0.6 is 0 Å². The quantitative estimate of drug-likeness (QED) is 0.319. The summed E-state index contributed by atoms with van der Waals surface area (Å²) in [7, 11) is 0. The molecular formula is C16H20O5. The van der Waals surface area contributed by atoms with Crippen LogP contribution in [-0.2, 0) is 14.3 Å². The number of rotatable bonds is 8. The van der Waals surface area contributed by atoms with E-state index < -0.39 is 5.97 Å². The van der Waals surface area contributed by atoms with Gasteiger partial charge < -0.3 is 9.47 Å². The number of esters is 2. The molecule has 114 valence electrons. The summed E-state index contributed by atoms with van der Waals surface area (Å²) < 4.78 is 9.71. The van der Waals surface area contributed by atoms with E-state index in [0.717, 1.165) is 0 Å². The molecule has 5 nitrogen and oxygen atoms in total. The summed E-state index contributed by atoms with van der Waals surface area (Å²) in [6.45, 7) is 3.47. The standard InChI is InChI=1S/C16H20O5/c1-3-20-16(19)7-5-4-6-15(18)13-8-10-14(11-9-13)21-12(2)17/h8-11H,3-7H2,1-2H3. The first-order valence-corrected chi connectivity index (χ1v) is 7.00. The van der Waals surface area contributed by atoms with Gasteiger partial charge in [-0.2, -0.15) is 0 Å². The van der Waals surface area contributed by atoms with E-state index in [1.165, 1.54) is 6.92 Å². The molecule has 0 N–H and O–H groups in total. The highest BCUT2D eigenvalue weighted by molar-refractivity contribution is 5.96. The second-order valence-corrected chi connectivity index (χ2v) is 4.55. The Bertz CT molecular complexity index is 490. The minimum Gasteiger partial charge on any atom is -0.466 e. The minimum atomic E-state index is -0.395. The predicted molar refractivity (Wildman–Crippen MR) is 77.2 cm³/mol. The van der Waals surface area contributed by atoms with Crippen LogP contribution < -0.4 is 4.74 Å². The van der Waals surface area contributed by atoms with Gasteiger partial charge >= 0.3 is 11.9 Å². The zero-order valence-electron chi connectivity index (χ0n) is 12.4. The third kappa shape index (κ3) is 6.70. The first kappa shape index (κ1) is 16.9. The Labute approximate surface area is 124 Å². The third-order valence-electron chi connectivity index (χ3n) is 2.78. The van der Waals surface area contributed by atoms with Crippen molar-refractivity contribution in [1.82, 2.24) is 0 Å². The predicted octanol–water partition coefficient (Wildman–Crippen LogP) is 2.92. The van der Waals surface area contributed by atoms with Crippen LogP contribution in [0.4, 0.5) is 0 Å². The van der Waals surface area contributed by atoms with Crippen molar-refractivity contribution in [3.63, 3.8) is 0 Å². The normalized spacial score (nSPS) is 10.0. The molecule has 0 atom stereocenters. The minimum absolute atomic E-state index is 0.00762. The fourth-order valence-electron chi connectivity index (χ4n) is 1.81. The molecule has 0 aromatic heterocycles. The molecule has 5 heteroatoms. The number of ketones is 1. The molecule has 0 aliphatic rings. The van der Waals surface area contributed by atoms with Crippen molar-refractivity contribution in [2.75, 3.05) is 6.61 Å². The van der Waals surface area contributed by atoms with Crippen molar-refractivity contribution in [1.29, 1.82) is 0 Å². The van der Waals surface area contributed by atoms with Gasteiger partial charge in [-0.1, -0.05) is 0 Å². The Kier molecular flexibility index (Phi) is 7.15. The van der Waals surface area contributed by atoms with Gasteiger partial charge in [0.15, 0.2) is 5.78 Å². The summed E-state index contributed by atoms with van der Waals surface area (Å²) in [6.07, 6.45) is 2.00. The first-order chi connectivity index (χ1) is 10.0. The molecule has 0 saturated carbocycles. The van der Waals surface area contributed by atoms with E-state index in [9.17, 15) is 14.4 Å². The number of carbonyl (C=O) groups excluding carboxylic acids is 3. The lowest BCUT2D eigenvalue weighted by molar-refractivity contribution is -0.143. The number of carbonyl (C=O) groups is 3.